The summed E-state index contributed by atoms with van der Waals surface area (Å²) in [6.07, 6.45) is 5.01. The van der Waals surface area contributed by atoms with E-state index >= 15 is 0 Å². The van der Waals surface area contributed by atoms with Crippen molar-refractivity contribution in [1.29, 1.82) is 5.26 Å². The molecule has 0 saturated heterocycles. The van der Waals surface area contributed by atoms with E-state index in [-0.39, 0.29) is 18.5 Å². The maximum atomic E-state index is 11.8. The molecule has 1 amide bonds. The van der Waals surface area contributed by atoms with Gasteiger partial charge in [-0.2, -0.15) is 5.26 Å². The zero-order chi connectivity index (χ0) is 15.5. The van der Waals surface area contributed by atoms with Gasteiger partial charge in [-0.1, -0.05) is 6.07 Å². The molecule has 1 aromatic rings. The molecule has 7 heteroatoms. The lowest BCUT2D eigenvalue weighted by molar-refractivity contribution is -0.137. The van der Waals surface area contributed by atoms with Gasteiger partial charge in [0.15, 0.2) is 0 Å². The second-order valence-electron chi connectivity index (χ2n) is 4.17. The van der Waals surface area contributed by atoms with Gasteiger partial charge in [0.2, 0.25) is 0 Å². The van der Waals surface area contributed by atoms with Gasteiger partial charge in [0.05, 0.1) is 0 Å². The molecule has 7 nitrogen and oxygen atoms in total. The molecule has 21 heavy (non-hydrogen) atoms. The Morgan fingerprint density at radius 3 is 2.90 bits per heavy atom. The number of rotatable bonds is 8. The molecule has 0 aromatic carbocycles. The van der Waals surface area contributed by atoms with Crippen LogP contribution >= 0.6 is 0 Å². The molecule has 0 radical (unpaired) electrons. The van der Waals surface area contributed by atoms with Crippen molar-refractivity contribution in [3.8, 4) is 6.07 Å². The summed E-state index contributed by atoms with van der Waals surface area (Å²) in [6.45, 7) is 0.665. The number of carboxylic acids is 1. The first-order chi connectivity index (χ1) is 10.1. The van der Waals surface area contributed by atoms with Crippen LogP contribution in [0.3, 0.4) is 0 Å². The smallest absolute Gasteiger partial charge is 0.303 e. The van der Waals surface area contributed by atoms with Crippen molar-refractivity contribution >= 4 is 11.9 Å². The van der Waals surface area contributed by atoms with E-state index in [1.165, 1.54) is 6.20 Å². The molecule has 1 aromatic heterocycles. The number of amides is 1. The number of nitriles is 1. The van der Waals surface area contributed by atoms with Gasteiger partial charge in [-0.15, -0.1) is 0 Å². The Morgan fingerprint density at radius 1 is 1.48 bits per heavy atom. The Bertz CT molecular complexity index is 549. The Balaban J connectivity index is 2.38. The molecule has 0 saturated carbocycles. The minimum absolute atomic E-state index is 0.0376. The fraction of sp³-hybridized carbons (Fsp3) is 0.286. The first-order valence-electron chi connectivity index (χ1n) is 6.36. The van der Waals surface area contributed by atoms with Crippen LogP contribution in [0.5, 0.6) is 0 Å². The molecule has 0 aliphatic rings. The van der Waals surface area contributed by atoms with Gasteiger partial charge in [0.25, 0.3) is 5.91 Å². The van der Waals surface area contributed by atoms with E-state index in [0.29, 0.717) is 13.0 Å². The third-order valence-corrected chi connectivity index (χ3v) is 2.50. The molecule has 0 aliphatic heterocycles. The standard InChI is InChI=1S/C14H16N4O3/c15-7-12(10-17-6-2-4-13(19)20)14(21)18-9-11-3-1-5-16-8-11/h1,3,5,8,10,17H,2,4,6,9H2,(H,18,21)(H,19,20)/b12-10-. The quantitative estimate of drug-likeness (QED) is 0.366. The predicted molar refractivity (Wildman–Crippen MR) is 74.7 cm³/mol. The summed E-state index contributed by atoms with van der Waals surface area (Å²) < 4.78 is 0. The van der Waals surface area contributed by atoms with Crippen molar-refractivity contribution in [2.24, 2.45) is 0 Å². The van der Waals surface area contributed by atoms with E-state index in [0.717, 1.165) is 5.56 Å². The fourth-order valence-corrected chi connectivity index (χ4v) is 1.44. The van der Waals surface area contributed by atoms with Gasteiger partial charge in [-0.3, -0.25) is 14.6 Å². The molecule has 0 aliphatic carbocycles. The fourth-order valence-electron chi connectivity index (χ4n) is 1.44. The third kappa shape index (κ3) is 6.73. The summed E-state index contributed by atoms with van der Waals surface area (Å²) in [5.74, 6) is -1.37. The van der Waals surface area contributed by atoms with E-state index in [1.807, 2.05) is 6.07 Å². The van der Waals surface area contributed by atoms with Crippen molar-refractivity contribution in [2.75, 3.05) is 6.54 Å². The predicted octanol–water partition coefficient (Wildman–Crippen LogP) is 0.560. The highest BCUT2D eigenvalue weighted by atomic mass is 16.4. The highest BCUT2D eigenvalue weighted by Gasteiger charge is 2.08. The number of nitrogens with zero attached hydrogens (tertiary/aromatic N) is 2. The number of pyridine rings is 1. The molecule has 0 bridgehead atoms. The van der Waals surface area contributed by atoms with Crippen LogP contribution in [0.4, 0.5) is 0 Å². The second kappa shape index (κ2) is 9.09. The summed E-state index contributed by atoms with van der Waals surface area (Å²) in [4.78, 5) is 26.0. The number of nitrogens with one attached hydrogen (secondary N) is 2. The van der Waals surface area contributed by atoms with Gasteiger partial charge >= 0.3 is 5.97 Å². The number of carbonyl (C=O) groups excluding carboxylic acids is 1. The molecule has 110 valence electrons. The van der Waals surface area contributed by atoms with E-state index < -0.39 is 11.9 Å². The van der Waals surface area contributed by atoms with Crippen LogP contribution in [0, 0.1) is 11.3 Å². The van der Waals surface area contributed by atoms with Crippen LogP contribution in [-0.2, 0) is 16.1 Å². The van der Waals surface area contributed by atoms with Gasteiger partial charge < -0.3 is 15.7 Å². The van der Waals surface area contributed by atoms with Gasteiger partial charge in [0.1, 0.15) is 11.6 Å². The largest absolute Gasteiger partial charge is 0.481 e. The average Bonchev–Trinajstić information content (AvgIpc) is 2.49. The van der Waals surface area contributed by atoms with Gasteiger partial charge in [-0.05, 0) is 18.1 Å². The Kier molecular flexibility index (Phi) is 7.00. The summed E-state index contributed by atoms with van der Waals surface area (Å²) in [5.41, 5.74) is 0.770. The molecule has 0 fully saturated rings. The molecule has 3 N–H and O–H groups in total. The number of aromatic nitrogens is 1. The number of hydrogen-bond acceptors (Lipinski definition) is 5. The first kappa shape index (κ1) is 16.2. The van der Waals surface area contributed by atoms with Crippen molar-refractivity contribution < 1.29 is 14.7 Å². The summed E-state index contributed by atoms with van der Waals surface area (Å²) in [5, 5.41) is 22.7. The minimum Gasteiger partial charge on any atom is -0.481 e. The minimum atomic E-state index is -0.879. The number of aliphatic carboxylic acids is 1. The van der Waals surface area contributed by atoms with E-state index in [9.17, 15) is 9.59 Å². The molecule has 1 rings (SSSR count). The molecule has 1 heterocycles. The van der Waals surface area contributed by atoms with Gasteiger partial charge in [-0.25, -0.2) is 0 Å². The highest BCUT2D eigenvalue weighted by molar-refractivity contribution is 5.97. The number of carboxylic acid groups (broad SMARTS) is 1. The van der Waals surface area contributed by atoms with Crippen molar-refractivity contribution in [2.45, 2.75) is 19.4 Å². The lowest BCUT2D eigenvalue weighted by Crippen LogP contribution is -2.25. The number of hydrogen-bond donors (Lipinski definition) is 3. The zero-order valence-electron chi connectivity index (χ0n) is 11.4. The molecule has 0 spiro atoms. The Morgan fingerprint density at radius 2 is 2.29 bits per heavy atom. The van der Waals surface area contributed by atoms with Crippen LogP contribution in [0.1, 0.15) is 18.4 Å². The number of carbonyl (C=O) groups is 2. The van der Waals surface area contributed by atoms with Crippen LogP contribution in [-0.4, -0.2) is 28.5 Å². The van der Waals surface area contributed by atoms with Crippen LogP contribution in [0.25, 0.3) is 0 Å². The maximum Gasteiger partial charge on any atom is 0.303 e. The van der Waals surface area contributed by atoms with Gasteiger partial charge in [0, 0.05) is 38.1 Å². The first-order valence-corrected chi connectivity index (χ1v) is 6.36. The lowest BCUT2D eigenvalue weighted by atomic mass is 10.2. The van der Waals surface area contributed by atoms with E-state index in [4.69, 9.17) is 10.4 Å². The summed E-state index contributed by atoms with van der Waals surface area (Å²) in [7, 11) is 0. The van der Waals surface area contributed by atoms with E-state index in [2.05, 4.69) is 15.6 Å². The highest BCUT2D eigenvalue weighted by Crippen LogP contribution is 1.97. The van der Waals surface area contributed by atoms with Crippen LogP contribution in [0.15, 0.2) is 36.3 Å². The van der Waals surface area contributed by atoms with Crippen molar-refractivity contribution in [3.63, 3.8) is 0 Å². The molecular weight excluding hydrogens is 272 g/mol. The normalized spacial score (nSPS) is 10.5. The molecule has 0 atom stereocenters. The SMILES string of the molecule is N#C/C(=C/NCCCC(=O)O)C(=O)NCc1cccnc1. The van der Waals surface area contributed by atoms with Crippen molar-refractivity contribution in [1.82, 2.24) is 15.6 Å². The summed E-state index contributed by atoms with van der Waals surface area (Å²) >= 11 is 0. The average molecular weight is 288 g/mol. The van der Waals surface area contributed by atoms with Crippen LogP contribution in [0.2, 0.25) is 0 Å². The monoisotopic (exact) mass is 288 g/mol. The zero-order valence-corrected chi connectivity index (χ0v) is 11.4. The van der Waals surface area contributed by atoms with Crippen LogP contribution < -0.4 is 10.6 Å². The molecule has 0 unspecified atom stereocenters. The van der Waals surface area contributed by atoms with E-state index in [1.54, 1.807) is 24.5 Å². The second-order valence-corrected chi connectivity index (χ2v) is 4.17. The summed E-state index contributed by atoms with van der Waals surface area (Å²) in [6, 6.07) is 5.36. The third-order valence-electron chi connectivity index (χ3n) is 2.50. The topological polar surface area (TPSA) is 115 Å². The maximum absolute atomic E-state index is 11.8. The molecular formula is C14H16N4O3. The lowest BCUT2D eigenvalue weighted by Gasteiger charge is -2.04. The Hall–Kier alpha value is -2.88. The Labute approximate surface area is 122 Å². The van der Waals surface area contributed by atoms with Crippen molar-refractivity contribution in [3.05, 3.63) is 41.9 Å².